The molecule has 24 heavy (non-hydrogen) atoms. The number of fused-ring (bicyclic) bond motifs is 1. The summed E-state index contributed by atoms with van der Waals surface area (Å²) in [6.45, 7) is 6.24. The van der Waals surface area contributed by atoms with Gasteiger partial charge < -0.3 is 9.88 Å². The van der Waals surface area contributed by atoms with Crippen LogP contribution < -0.4 is 10.2 Å². The maximum atomic E-state index is 12.4. The number of nitrogens with one attached hydrogen (secondary N) is 1. The van der Waals surface area contributed by atoms with Gasteiger partial charge in [-0.2, -0.15) is 0 Å². The van der Waals surface area contributed by atoms with Crippen LogP contribution in [0.4, 0.5) is 5.69 Å². The zero-order chi connectivity index (χ0) is 17.3. The fourth-order valence-corrected chi connectivity index (χ4v) is 3.67. The van der Waals surface area contributed by atoms with E-state index in [0.717, 1.165) is 32.6 Å². The van der Waals surface area contributed by atoms with Crippen LogP contribution in [0.25, 0.3) is 10.8 Å². The van der Waals surface area contributed by atoms with Gasteiger partial charge in [0.1, 0.15) is 0 Å². The molecule has 0 aliphatic carbocycles. The average Bonchev–Trinajstić information content (AvgIpc) is 2.81. The van der Waals surface area contributed by atoms with E-state index in [1.165, 1.54) is 11.3 Å². The van der Waals surface area contributed by atoms with E-state index in [1.807, 2.05) is 51.1 Å². The lowest BCUT2D eigenvalue weighted by atomic mass is 10.0. The topological polar surface area (TPSA) is 51.1 Å². The van der Waals surface area contributed by atoms with Crippen LogP contribution in [0.15, 0.2) is 41.2 Å². The van der Waals surface area contributed by atoms with Gasteiger partial charge in [-0.1, -0.05) is 47.7 Å². The molecule has 0 unspecified atom stereocenters. The molecule has 0 saturated carbocycles. The minimum absolute atomic E-state index is 0.000795. The molecule has 3 aromatic rings. The lowest BCUT2D eigenvalue weighted by Gasteiger charge is -2.12. The van der Waals surface area contributed by atoms with Gasteiger partial charge in [0.25, 0.3) is 0 Å². The van der Waals surface area contributed by atoms with Crippen molar-refractivity contribution in [2.75, 3.05) is 5.32 Å². The van der Waals surface area contributed by atoms with Gasteiger partial charge in [-0.3, -0.25) is 9.59 Å². The first-order chi connectivity index (χ1) is 11.5. The lowest BCUT2D eigenvalue weighted by Crippen LogP contribution is -2.20. The van der Waals surface area contributed by atoms with Crippen LogP contribution in [-0.4, -0.2) is 10.5 Å². The molecular weight excluding hydrogens is 320 g/mol. The predicted octanol–water partition coefficient (Wildman–Crippen LogP) is 4.02. The summed E-state index contributed by atoms with van der Waals surface area (Å²) in [6, 6.07) is 12.0. The molecule has 0 bridgehead atoms. The fourth-order valence-electron chi connectivity index (χ4n) is 2.81. The lowest BCUT2D eigenvalue weighted by molar-refractivity contribution is -0.116. The SMILES string of the molecule is Cc1ccc2ccccc2c1NC(=O)CCn1c(C)c(C)sc1=O. The van der Waals surface area contributed by atoms with Crippen LogP contribution in [0.1, 0.15) is 22.6 Å². The van der Waals surface area contributed by atoms with Crippen molar-refractivity contribution in [1.82, 2.24) is 4.57 Å². The van der Waals surface area contributed by atoms with Gasteiger partial charge in [0, 0.05) is 28.9 Å². The highest BCUT2D eigenvalue weighted by molar-refractivity contribution is 7.09. The van der Waals surface area contributed by atoms with E-state index in [-0.39, 0.29) is 17.2 Å². The van der Waals surface area contributed by atoms with Gasteiger partial charge in [-0.15, -0.1) is 0 Å². The van der Waals surface area contributed by atoms with Crippen LogP contribution in [0.3, 0.4) is 0 Å². The second-order valence-electron chi connectivity index (χ2n) is 5.94. The number of hydrogen-bond donors (Lipinski definition) is 1. The smallest absolute Gasteiger partial charge is 0.307 e. The number of aryl methyl sites for hydroxylation is 2. The molecule has 0 saturated heterocycles. The van der Waals surface area contributed by atoms with Crippen LogP contribution in [0, 0.1) is 20.8 Å². The number of hydrogen-bond acceptors (Lipinski definition) is 3. The normalized spacial score (nSPS) is 11.0. The molecule has 1 amide bonds. The zero-order valence-corrected chi connectivity index (χ0v) is 14.9. The number of carbonyl (C=O) groups is 1. The van der Waals surface area contributed by atoms with Crippen molar-refractivity contribution in [3.8, 4) is 0 Å². The molecule has 1 N–H and O–H groups in total. The van der Waals surface area contributed by atoms with Crippen molar-refractivity contribution in [1.29, 1.82) is 0 Å². The van der Waals surface area contributed by atoms with Crippen molar-refractivity contribution in [3.63, 3.8) is 0 Å². The summed E-state index contributed by atoms with van der Waals surface area (Å²) in [7, 11) is 0. The van der Waals surface area contributed by atoms with E-state index in [2.05, 4.69) is 11.4 Å². The molecule has 0 radical (unpaired) electrons. The molecule has 0 aliphatic heterocycles. The number of carbonyl (C=O) groups excluding carboxylic acids is 1. The number of nitrogens with zero attached hydrogens (tertiary/aromatic N) is 1. The third kappa shape index (κ3) is 3.12. The first kappa shape index (κ1) is 16.5. The Morgan fingerprint density at radius 3 is 2.58 bits per heavy atom. The molecular formula is C19H20N2O2S. The van der Waals surface area contributed by atoms with Crippen LogP contribution >= 0.6 is 11.3 Å². The monoisotopic (exact) mass is 340 g/mol. The Bertz CT molecular complexity index is 969. The standard InChI is InChI=1S/C19H20N2O2S/c1-12-8-9-15-6-4-5-7-16(15)18(12)20-17(22)10-11-21-13(2)14(3)24-19(21)23/h4-9H,10-11H2,1-3H3,(H,20,22). The Balaban J connectivity index is 1.78. The van der Waals surface area contributed by atoms with Crippen molar-refractivity contribution < 1.29 is 4.79 Å². The van der Waals surface area contributed by atoms with Crippen molar-refractivity contribution >= 4 is 33.7 Å². The minimum atomic E-state index is -0.0791. The number of aromatic nitrogens is 1. The molecule has 0 fully saturated rings. The van der Waals surface area contributed by atoms with Crippen molar-refractivity contribution in [3.05, 3.63) is 62.2 Å². The highest BCUT2D eigenvalue weighted by atomic mass is 32.1. The Kier molecular flexibility index (Phi) is 4.53. The van der Waals surface area contributed by atoms with Crippen molar-refractivity contribution in [2.45, 2.75) is 33.7 Å². The molecule has 1 aromatic heterocycles. The number of benzene rings is 2. The van der Waals surface area contributed by atoms with E-state index < -0.39 is 0 Å². The van der Waals surface area contributed by atoms with Gasteiger partial charge in [0.15, 0.2) is 0 Å². The zero-order valence-electron chi connectivity index (χ0n) is 14.1. The number of anilines is 1. The van der Waals surface area contributed by atoms with Crippen LogP contribution in [-0.2, 0) is 11.3 Å². The van der Waals surface area contributed by atoms with Crippen LogP contribution in [0.5, 0.6) is 0 Å². The summed E-state index contributed by atoms with van der Waals surface area (Å²) < 4.78 is 1.68. The summed E-state index contributed by atoms with van der Waals surface area (Å²) in [4.78, 5) is 25.3. The summed E-state index contributed by atoms with van der Waals surface area (Å²) in [6.07, 6.45) is 0.277. The molecule has 0 spiro atoms. The quantitative estimate of drug-likeness (QED) is 0.780. The Hall–Kier alpha value is -2.40. The Morgan fingerprint density at radius 2 is 1.88 bits per heavy atom. The predicted molar refractivity (Wildman–Crippen MR) is 100.0 cm³/mol. The van der Waals surface area contributed by atoms with Gasteiger partial charge in [-0.25, -0.2) is 0 Å². The summed E-state index contributed by atoms with van der Waals surface area (Å²) >= 11 is 1.23. The third-order valence-corrected chi connectivity index (χ3v) is 5.34. The van der Waals surface area contributed by atoms with E-state index in [0.29, 0.717) is 6.54 Å². The molecule has 0 atom stereocenters. The summed E-state index contributed by atoms with van der Waals surface area (Å²) in [5.74, 6) is -0.0791. The van der Waals surface area contributed by atoms with Gasteiger partial charge in [0.05, 0.1) is 5.69 Å². The molecule has 4 nitrogen and oxygen atoms in total. The maximum Gasteiger partial charge on any atom is 0.307 e. The highest BCUT2D eigenvalue weighted by Gasteiger charge is 2.12. The number of thiazole rings is 1. The fraction of sp³-hybridized carbons (Fsp3) is 0.263. The maximum absolute atomic E-state index is 12.4. The molecule has 2 aromatic carbocycles. The highest BCUT2D eigenvalue weighted by Crippen LogP contribution is 2.27. The Morgan fingerprint density at radius 1 is 1.12 bits per heavy atom. The minimum Gasteiger partial charge on any atom is -0.325 e. The van der Waals surface area contributed by atoms with Crippen molar-refractivity contribution in [2.24, 2.45) is 0 Å². The largest absolute Gasteiger partial charge is 0.325 e. The van der Waals surface area contributed by atoms with E-state index in [9.17, 15) is 9.59 Å². The van der Waals surface area contributed by atoms with E-state index in [4.69, 9.17) is 0 Å². The number of amides is 1. The molecule has 124 valence electrons. The van der Waals surface area contributed by atoms with Gasteiger partial charge >= 0.3 is 4.87 Å². The average molecular weight is 340 g/mol. The summed E-state index contributed by atoms with van der Waals surface area (Å²) in [5, 5.41) is 5.15. The second-order valence-corrected chi connectivity index (χ2v) is 7.10. The van der Waals surface area contributed by atoms with E-state index in [1.54, 1.807) is 4.57 Å². The Labute approximate surface area is 144 Å². The van der Waals surface area contributed by atoms with E-state index >= 15 is 0 Å². The first-order valence-corrected chi connectivity index (χ1v) is 8.74. The third-order valence-electron chi connectivity index (χ3n) is 4.34. The molecule has 1 heterocycles. The molecule has 3 rings (SSSR count). The number of rotatable bonds is 4. The molecule has 0 aliphatic rings. The van der Waals surface area contributed by atoms with Gasteiger partial charge in [0.2, 0.25) is 5.91 Å². The first-order valence-electron chi connectivity index (χ1n) is 7.92. The molecule has 5 heteroatoms. The van der Waals surface area contributed by atoms with Gasteiger partial charge in [-0.05, 0) is 31.7 Å². The second kappa shape index (κ2) is 6.61. The van der Waals surface area contributed by atoms with Crippen LogP contribution in [0.2, 0.25) is 0 Å². The summed E-state index contributed by atoms with van der Waals surface area (Å²) in [5.41, 5.74) is 2.82.